The molecule has 0 saturated heterocycles. The van der Waals surface area contributed by atoms with Crippen LogP contribution in [0.5, 0.6) is 0 Å². The van der Waals surface area contributed by atoms with E-state index in [-0.39, 0.29) is 0 Å². The van der Waals surface area contributed by atoms with E-state index >= 15 is 0 Å². The molecule has 1 unspecified atom stereocenters. The molecule has 0 aliphatic heterocycles. The van der Waals surface area contributed by atoms with E-state index in [2.05, 4.69) is 20.8 Å². The first-order valence-corrected chi connectivity index (χ1v) is 7.92. The standard InChI is InChI=1S/C16H34O/c1-4-7-9-11-13-16(12-10-8-5-2)14-15-17-6-3/h16H,4-15H2,1-3H3. The zero-order valence-corrected chi connectivity index (χ0v) is 12.5. The molecule has 0 heterocycles. The van der Waals surface area contributed by atoms with Crippen molar-refractivity contribution in [2.24, 2.45) is 5.92 Å². The number of ether oxygens (including phenoxy) is 1. The van der Waals surface area contributed by atoms with Gasteiger partial charge in [-0.3, -0.25) is 0 Å². The predicted octanol–water partition coefficient (Wildman–Crippen LogP) is 5.58. The molecule has 104 valence electrons. The molecule has 1 heteroatoms. The van der Waals surface area contributed by atoms with Crippen LogP contribution in [0.3, 0.4) is 0 Å². The second-order valence-corrected chi connectivity index (χ2v) is 5.20. The van der Waals surface area contributed by atoms with Crippen LogP contribution in [0.1, 0.15) is 85.0 Å². The Balaban J connectivity index is 3.60. The van der Waals surface area contributed by atoms with Gasteiger partial charge in [0.1, 0.15) is 0 Å². The van der Waals surface area contributed by atoms with E-state index in [1.54, 1.807) is 0 Å². The van der Waals surface area contributed by atoms with E-state index in [0.29, 0.717) is 0 Å². The highest BCUT2D eigenvalue weighted by atomic mass is 16.5. The predicted molar refractivity (Wildman–Crippen MR) is 77.5 cm³/mol. The first-order valence-electron chi connectivity index (χ1n) is 7.92. The highest BCUT2D eigenvalue weighted by Gasteiger charge is 2.08. The van der Waals surface area contributed by atoms with E-state index < -0.39 is 0 Å². The summed E-state index contributed by atoms with van der Waals surface area (Å²) in [7, 11) is 0. The summed E-state index contributed by atoms with van der Waals surface area (Å²) in [5.41, 5.74) is 0. The summed E-state index contributed by atoms with van der Waals surface area (Å²) >= 11 is 0. The monoisotopic (exact) mass is 242 g/mol. The van der Waals surface area contributed by atoms with Gasteiger partial charge >= 0.3 is 0 Å². The van der Waals surface area contributed by atoms with Gasteiger partial charge in [0.25, 0.3) is 0 Å². The summed E-state index contributed by atoms with van der Waals surface area (Å²) < 4.78 is 5.50. The van der Waals surface area contributed by atoms with Gasteiger partial charge in [-0.15, -0.1) is 0 Å². The molecule has 0 fully saturated rings. The summed E-state index contributed by atoms with van der Waals surface area (Å²) in [4.78, 5) is 0. The van der Waals surface area contributed by atoms with Crippen molar-refractivity contribution >= 4 is 0 Å². The molecule has 1 atom stereocenters. The van der Waals surface area contributed by atoms with E-state index in [9.17, 15) is 0 Å². The molecule has 0 bridgehead atoms. The Morgan fingerprint density at radius 2 is 1.29 bits per heavy atom. The molecule has 0 saturated carbocycles. The quantitative estimate of drug-likeness (QED) is 0.383. The lowest BCUT2D eigenvalue weighted by Crippen LogP contribution is -2.06. The Labute approximate surface area is 109 Å². The Kier molecular flexibility index (Phi) is 14.0. The molecule has 0 spiro atoms. The SMILES string of the molecule is CCCCCCC(CCCCC)CCOCC. The summed E-state index contributed by atoms with van der Waals surface area (Å²) in [6.07, 6.45) is 13.9. The lowest BCUT2D eigenvalue weighted by atomic mass is 9.92. The van der Waals surface area contributed by atoms with E-state index in [1.807, 2.05) is 0 Å². The normalized spacial score (nSPS) is 12.9. The third-order valence-corrected chi connectivity index (χ3v) is 3.56. The first-order chi connectivity index (χ1) is 8.35. The molecule has 0 aromatic rings. The fourth-order valence-corrected chi connectivity index (χ4v) is 2.37. The van der Waals surface area contributed by atoms with Crippen LogP contribution in [-0.2, 0) is 4.74 Å². The molecule has 0 aromatic heterocycles. The van der Waals surface area contributed by atoms with Gasteiger partial charge in [0.15, 0.2) is 0 Å². The van der Waals surface area contributed by atoms with Gasteiger partial charge in [-0.05, 0) is 19.3 Å². The topological polar surface area (TPSA) is 9.23 Å². The van der Waals surface area contributed by atoms with Gasteiger partial charge < -0.3 is 4.74 Å². The molecular formula is C16H34O. The fourth-order valence-electron chi connectivity index (χ4n) is 2.37. The highest BCUT2D eigenvalue weighted by molar-refractivity contribution is 4.60. The Hall–Kier alpha value is -0.0400. The van der Waals surface area contributed by atoms with Crippen LogP contribution in [-0.4, -0.2) is 13.2 Å². The van der Waals surface area contributed by atoms with Crippen LogP contribution in [0.2, 0.25) is 0 Å². The van der Waals surface area contributed by atoms with Crippen LogP contribution in [0.15, 0.2) is 0 Å². The zero-order chi connectivity index (χ0) is 12.8. The van der Waals surface area contributed by atoms with Crippen LogP contribution in [0.4, 0.5) is 0 Å². The van der Waals surface area contributed by atoms with Gasteiger partial charge in [-0.2, -0.15) is 0 Å². The summed E-state index contributed by atoms with van der Waals surface area (Å²) in [6, 6.07) is 0. The third-order valence-electron chi connectivity index (χ3n) is 3.56. The maximum absolute atomic E-state index is 5.50. The van der Waals surface area contributed by atoms with Gasteiger partial charge in [0.05, 0.1) is 0 Å². The lowest BCUT2D eigenvalue weighted by molar-refractivity contribution is 0.128. The van der Waals surface area contributed by atoms with Crippen LogP contribution in [0, 0.1) is 5.92 Å². The van der Waals surface area contributed by atoms with Gasteiger partial charge in [0, 0.05) is 13.2 Å². The second-order valence-electron chi connectivity index (χ2n) is 5.20. The molecule has 17 heavy (non-hydrogen) atoms. The van der Waals surface area contributed by atoms with Crippen LogP contribution < -0.4 is 0 Å². The second kappa shape index (κ2) is 14.0. The summed E-state index contributed by atoms with van der Waals surface area (Å²) in [5.74, 6) is 0.921. The van der Waals surface area contributed by atoms with Gasteiger partial charge in [0.2, 0.25) is 0 Å². The number of hydrogen-bond acceptors (Lipinski definition) is 1. The lowest BCUT2D eigenvalue weighted by Gasteiger charge is -2.16. The minimum atomic E-state index is 0.873. The summed E-state index contributed by atoms with van der Waals surface area (Å²) in [5, 5.41) is 0. The van der Waals surface area contributed by atoms with E-state index in [1.165, 1.54) is 64.2 Å². The minimum absolute atomic E-state index is 0.873. The fraction of sp³-hybridized carbons (Fsp3) is 1.00. The van der Waals surface area contributed by atoms with Crippen molar-refractivity contribution in [3.63, 3.8) is 0 Å². The number of unbranched alkanes of at least 4 members (excludes halogenated alkanes) is 5. The van der Waals surface area contributed by atoms with E-state index in [0.717, 1.165) is 19.1 Å². The van der Waals surface area contributed by atoms with Crippen LogP contribution in [0.25, 0.3) is 0 Å². The Bertz CT molecular complexity index is 123. The molecule has 0 aromatic carbocycles. The summed E-state index contributed by atoms with van der Waals surface area (Å²) in [6.45, 7) is 8.51. The molecule has 0 aliphatic carbocycles. The largest absolute Gasteiger partial charge is 0.382 e. The van der Waals surface area contributed by atoms with Crippen LogP contribution >= 0.6 is 0 Å². The van der Waals surface area contributed by atoms with Crippen molar-refractivity contribution < 1.29 is 4.74 Å². The van der Waals surface area contributed by atoms with Crippen molar-refractivity contribution in [1.29, 1.82) is 0 Å². The molecule has 1 nitrogen and oxygen atoms in total. The van der Waals surface area contributed by atoms with Crippen molar-refractivity contribution in [3.8, 4) is 0 Å². The van der Waals surface area contributed by atoms with Gasteiger partial charge in [-0.1, -0.05) is 71.6 Å². The maximum atomic E-state index is 5.50. The van der Waals surface area contributed by atoms with Crippen molar-refractivity contribution in [3.05, 3.63) is 0 Å². The highest BCUT2D eigenvalue weighted by Crippen LogP contribution is 2.21. The maximum Gasteiger partial charge on any atom is 0.0468 e. The molecular weight excluding hydrogens is 208 g/mol. The average Bonchev–Trinajstić information content (AvgIpc) is 2.34. The smallest absolute Gasteiger partial charge is 0.0468 e. The Morgan fingerprint density at radius 1 is 0.706 bits per heavy atom. The molecule has 0 aliphatic rings. The molecule has 0 amide bonds. The Morgan fingerprint density at radius 3 is 1.88 bits per heavy atom. The molecule has 0 rings (SSSR count). The van der Waals surface area contributed by atoms with E-state index in [4.69, 9.17) is 4.74 Å². The van der Waals surface area contributed by atoms with Crippen molar-refractivity contribution in [2.45, 2.75) is 85.0 Å². The first kappa shape index (κ1) is 17.0. The number of rotatable bonds is 13. The van der Waals surface area contributed by atoms with Crippen molar-refractivity contribution in [2.75, 3.05) is 13.2 Å². The number of hydrogen-bond donors (Lipinski definition) is 0. The zero-order valence-electron chi connectivity index (χ0n) is 12.5. The van der Waals surface area contributed by atoms with Gasteiger partial charge in [-0.25, -0.2) is 0 Å². The average molecular weight is 242 g/mol. The molecule has 0 N–H and O–H groups in total. The third kappa shape index (κ3) is 12.2. The molecule has 0 radical (unpaired) electrons. The van der Waals surface area contributed by atoms with Crippen molar-refractivity contribution in [1.82, 2.24) is 0 Å². The minimum Gasteiger partial charge on any atom is -0.382 e.